The molecule has 0 aliphatic carbocycles. The number of thioether (sulfide) groups is 1. The normalized spacial score (nSPS) is 22.8. The SMILES string of the molecule is CON(C)C(=O)CC1CSCCN1. The highest BCUT2D eigenvalue weighted by atomic mass is 32.2. The summed E-state index contributed by atoms with van der Waals surface area (Å²) in [5, 5.41) is 4.58. The second-order valence-electron chi connectivity index (χ2n) is 3.00. The fourth-order valence-electron chi connectivity index (χ4n) is 1.19. The number of nitrogens with one attached hydrogen (secondary N) is 1. The molecule has 1 aliphatic heterocycles. The zero-order chi connectivity index (χ0) is 9.68. The summed E-state index contributed by atoms with van der Waals surface area (Å²) in [5.41, 5.74) is 0. The third kappa shape index (κ3) is 3.54. The molecular formula is C8H16N2O2S. The lowest BCUT2D eigenvalue weighted by molar-refractivity contribution is -0.169. The van der Waals surface area contributed by atoms with Gasteiger partial charge in [0.05, 0.1) is 7.11 Å². The van der Waals surface area contributed by atoms with Gasteiger partial charge in [0.1, 0.15) is 0 Å². The van der Waals surface area contributed by atoms with Crippen LogP contribution in [-0.4, -0.2) is 49.2 Å². The number of hydroxylamine groups is 2. The standard InChI is InChI=1S/C8H16N2O2S/c1-10(12-2)8(11)5-7-6-13-4-3-9-7/h7,9H,3-6H2,1-2H3. The third-order valence-corrected chi connectivity index (χ3v) is 3.18. The molecule has 1 N–H and O–H groups in total. The molecule has 0 aromatic carbocycles. The maximum atomic E-state index is 11.4. The average molecular weight is 204 g/mol. The summed E-state index contributed by atoms with van der Waals surface area (Å²) in [6.45, 7) is 0.999. The smallest absolute Gasteiger partial charge is 0.247 e. The van der Waals surface area contributed by atoms with E-state index >= 15 is 0 Å². The van der Waals surface area contributed by atoms with Gasteiger partial charge in [0, 0.05) is 37.6 Å². The highest BCUT2D eigenvalue weighted by Gasteiger charge is 2.18. The third-order valence-electron chi connectivity index (χ3n) is 2.04. The number of carbonyl (C=O) groups is 1. The first-order valence-corrected chi connectivity index (χ1v) is 5.51. The fraction of sp³-hybridized carbons (Fsp3) is 0.875. The van der Waals surface area contributed by atoms with E-state index in [9.17, 15) is 4.79 Å². The molecule has 13 heavy (non-hydrogen) atoms. The quantitative estimate of drug-likeness (QED) is 0.662. The number of amides is 1. The Morgan fingerprint density at radius 1 is 1.77 bits per heavy atom. The van der Waals surface area contributed by atoms with Crippen LogP contribution in [0.4, 0.5) is 0 Å². The summed E-state index contributed by atoms with van der Waals surface area (Å²) >= 11 is 1.89. The molecule has 5 heteroatoms. The van der Waals surface area contributed by atoms with Gasteiger partial charge in [-0.1, -0.05) is 0 Å². The molecule has 0 aromatic heterocycles. The summed E-state index contributed by atoms with van der Waals surface area (Å²) in [4.78, 5) is 16.2. The van der Waals surface area contributed by atoms with Crippen LogP contribution in [0.5, 0.6) is 0 Å². The first kappa shape index (κ1) is 10.8. The number of hydrogen-bond donors (Lipinski definition) is 1. The van der Waals surface area contributed by atoms with Crippen molar-refractivity contribution < 1.29 is 9.63 Å². The van der Waals surface area contributed by atoms with Crippen LogP contribution in [0.2, 0.25) is 0 Å². The predicted octanol–water partition coefficient (Wildman–Crippen LogP) is 0.101. The lowest BCUT2D eigenvalue weighted by Gasteiger charge is -2.24. The maximum Gasteiger partial charge on any atom is 0.247 e. The van der Waals surface area contributed by atoms with E-state index in [1.807, 2.05) is 11.8 Å². The van der Waals surface area contributed by atoms with Crippen molar-refractivity contribution in [2.45, 2.75) is 12.5 Å². The zero-order valence-corrected chi connectivity index (χ0v) is 8.89. The monoisotopic (exact) mass is 204 g/mol. The Labute approximate surface area is 82.9 Å². The summed E-state index contributed by atoms with van der Waals surface area (Å²) in [6.07, 6.45) is 0.525. The minimum Gasteiger partial charge on any atom is -0.312 e. The molecule has 1 unspecified atom stereocenters. The van der Waals surface area contributed by atoms with E-state index in [2.05, 4.69) is 5.32 Å². The van der Waals surface area contributed by atoms with E-state index in [1.54, 1.807) is 7.05 Å². The highest BCUT2D eigenvalue weighted by molar-refractivity contribution is 7.99. The minimum absolute atomic E-state index is 0.0301. The molecule has 1 rings (SSSR count). The van der Waals surface area contributed by atoms with Crippen LogP contribution in [0, 0.1) is 0 Å². The minimum atomic E-state index is 0.0301. The molecule has 76 valence electrons. The fourth-order valence-corrected chi connectivity index (χ4v) is 2.14. The van der Waals surface area contributed by atoms with Crippen molar-refractivity contribution in [3.05, 3.63) is 0 Å². The lowest BCUT2D eigenvalue weighted by atomic mass is 10.2. The topological polar surface area (TPSA) is 41.6 Å². The van der Waals surface area contributed by atoms with Crippen molar-refractivity contribution in [1.29, 1.82) is 0 Å². The summed E-state index contributed by atoms with van der Waals surface area (Å²) in [5.74, 6) is 2.19. The van der Waals surface area contributed by atoms with Crippen molar-refractivity contribution in [2.75, 3.05) is 32.2 Å². The van der Waals surface area contributed by atoms with E-state index in [0.717, 1.165) is 18.1 Å². The molecular weight excluding hydrogens is 188 g/mol. The molecule has 4 nitrogen and oxygen atoms in total. The molecule has 1 atom stereocenters. The predicted molar refractivity (Wildman–Crippen MR) is 53.5 cm³/mol. The molecule has 1 saturated heterocycles. The van der Waals surface area contributed by atoms with Crippen LogP contribution in [0.3, 0.4) is 0 Å². The molecule has 0 bridgehead atoms. The van der Waals surface area contributed by atoms with Crippen LogP contribution >= 0.6 is 11.8 Å². The molecule has 0 radical (unpaired) electrons. The number of hydrogen-bond acceptors (Lipinski definition) is 4. The van der Waals surface area contributed by atoms with Crippen molar-refractivity contribution in [3.63, 3.8) is 0 Å². The Bertz CT molecular complexity index is 172. The van der Waals surface area contributed by atoms with Gasteiger partial charge in [-0.3, -0.25) is 9.63 Å². The molecule has 0 aromatic rings. The Morgan fingerprint density at radius 3 is 3.08 bits per heavy atom. The number of rotatable bonds is 3. The Morgan fingerprint density at radius 2 is 2.54 bits per heavy atom. The Hall–Kier alpha value is -0.260. The Balaban J connectivity index is 2.26. The highest BCUT2D eigenvalue weighted by Crippen LogP contribution is 2.10. The van der Waals surface area contributed by atoms with Crippen LogP contribution < -0.4 is 5.32 Å². The molecule has 1 heterocycles. The first-order chi connectivity index (χ1) is 6.24. The van der Waals surface area contributed by atoms with Gasteiger partial charge in [0.25, 0.3) is 0 Å². The largest absolute Gasteiger partial charge is 0.312 e. The Kier molecular flexibility index (Phi) is 4.55. The molecule has 0 spiro atoms. The van der Waals surface area contributed by atoms with E-state index in [-0.39, 0.29) is 5.91 Å². The van der Waals surface area contributed by atoms with E-state index in [4.69, 9.17) is 4.84 Å². The van der Waals surface area contributed by atoms with E-state index in [0.29, 0.717) is 12.5 Å². The van der Waals surface area contributed by atoms with Crippen LogP contribution in [0.15, 0.2) is 0 Å². The average Bonchev–Trinajstić information content (AvgIpc) is 2.18. The van der Waals surface area contributed by atoms with Gasteiger partial charge >= 0.3 is 0 Å². The second kappa shape index (κ2) is 5.47. The number of nitrogens with zero attached hydrogens (tertiary/aromatic N) is 1. The van der Waals surface area contributed by atoms with Crippen molar-refractivity contribution in [3.8, 4) is 0 Å². The van der Waals surface area contributed by atoms with Crippen LogP contribution in [0.1, 0.15) is 6.42 Å². The van der Waals surface area contributed by atoms with Gasteiger partial charge < -0.3 is 5.32 Å². The van der Waals surface area contributed by atoms with Crippen LogP contribution in [0.25, 0.3) is 0 Å². The van der Waals surface area contributed by atoms with Gasteiger partial charge in [-0.25, -0.2) is 5.06 Å². The first-order valence-electron chi connectivity index (χ1n) is 4.36. The lowest BCUT2D eigenvalue weighted by Crippen LogP contribution is -2.41. The van der Waals surface area contributed by atoms with Gasteiger partial charge in [0.2, 0.25) is 5.91 Å². The molecule has 1 fully saturated rings. The van der Waals surface area contributed by atoms with Gasteiger partial charge in [-0.2, -0.15) is 11.8 Å². The van der Waals surface area contributed by atoms with Gasteiger partial charge in [-0.15, -0.1) is 0 Å². The van der Waals surface area contributed by atoms with E-state index in [1.165, 1.54) is 12.2 Å². The van der Waals surface area contributed by atoms with Gasteiger partial charge in [-0.05, 0) is 0 Å². The zero-order valence-electron chi connectivity index (χ0n) is 8.08. The summed E-state index contributed by atoms with van der Waals surface area (Å²) in [6, 6.07) is 0.309. The van der Waals surface area contributed by atoms with Crippen molar-refractivity contribution in [1.82, 2.24) is 10.4 Å². The van der Waals surface area contributed by atoms with Gasteiger partial charge in [0.15, 0.2) is 0 Å². The maximum absolute atomic E-state index is 11.4. The second-order valence-corrected chi connectivity index (χ2v) is 4.15. The summed E-state index contributed by atoms with van der Waals surface area (Å²) < 4.78 is 0. The molecule has 1 amide bonds. The van der Waals surface area contributed by atoms with Crippen molar-refractivity contribution in [2.24, 2.45) is 0 Å². The summed E-state index contributed by atoms with van der Waals surface area (Å²) in [7, 11) is 3.14. The van der Waals surface area contributed by atoms with Crippen LogP contribution in [-0.2, 0) is 9.63 Å². The number of carbonyl (C=O) groups excluding carboxylic acids is 1. The molecule has 0 saturated carbocycles. The van der Waals surface area contributed by atoms with E-state index < -0.39 is 0 Å². The molecule has 1 aliphatic rings. The van der Waals surface area contributed by atoms with Crippen molar-refractivity contribution >= 4 is 17.7 Å².